The monoisotopic (exact) mass is 372 g/mol. The molecule has 0 unspecified atom stereocenters. The van der Waals surface area contributed by atoms with Gasteiger partial charge in [0.2, 0.25) is 0 Å². The van der Waals surface area contributed by atoms with Crippen molar-refractivity contribution in [2.75, 3.05) is 6.61 Å². The maximum Gasteiger partial charge on any atom is 0.354 e. The molecule has 2 rings (SSSR count). The molecule has 0 atom stereocenters. The van der Waals surface area contributed by atoms with E-state index in [-0.39, 0.29) is 23.5 Å². The minimum absolute atomic E-state index is 0.153. The quantitative estimate of drug-likeness (QED) is 0.332. The third kappa shape index (κ3) is 5.69. The summed E-state index contributed by atoms with van der Waals surface area (Å²) in [5, 5.41) is 18.3. The van der Waals surface area contributed by atoms with E-state index in [1.807, 2.05) is 12.1 Å². The lowest BCUT2D eigenvalue weighted by Crippen LogP contribution is -2.10. The van der Waals surface area contributed by atoms with Gasteiger partial charge in [0.25, 0.3) is 0 Å². The molecule has 0 aliphatic rings. The van der Waals surface area contributed by atoms with Crippen molar-refractivity contribution in [2.45, 2.75) is 6.92 Å². The Labute approximate surface area is 162 Å². The first-order chi connectivity index (χ1) is 13.6. The first kappa shape index (κ1) is 20.2. The number of carbonyl (C=O) groups excluding carboxylic acids is 2. The highest BCUT2D eigenvalue weighted by molar-refractivity contribution is 5.99. The number of ether oxygens (including phenoxy) is 2. The SMILES string of the molecule is CCOC(=O)C(C#N)=Cc1cccc(OC(=O)C(C#N)=Cc2ccccc2)c1. The molecular formula is C22H16N2O4. The number of nitrogens with zero attached hydrogens (tertiary/aromatic N) is 2. The summed E-state index contributed by atoms with van der Waals surface area (Å²) in [6, 6.07) is 18.8. The highest BCUT2D eigenvalue weighted by atomic mass is 16.5. The molecule has 0 saturated carbocycles. The van der Waals surface area contributed by atoms with Gasteiger partial charge in [0, 0.05) is 0 Å². The number of rotatable bonds is 6. The van der Waals surface area contributed by atoms with Gasteiger partial charge < -0.3 is 9.47 Å². The van der Waals surface area contributed by atoms with E-state index in [0.717, 1.165) is 0 Å². The molecular weight excluding hydrogens is 356 g/mol. The van der Waals surface area contributed by atoms with Crippen LogP contribution in [0, 0.1) is 22.7 Å². The van der Waals surface area contributed by atoms with Crippen molar-refractivity contribution < 1.29 is 19.1 Å². The van der Waals surface area contributed by atoms with Crippen molar-refractivity contribution in [2.24, 2.45) is 0 Å². The van der Waals surface area contributed by atoms with Gasteiger partial charge in [-0.2, -0.15) is 10.5 Å². The van der Waals surface area contributed by atoms with Crippen LogP contribution < -0.4 is 4.74 Å². The Hall–Kier alpha value is -4.16. The van der Waals surface area contributed by atoms with E-state index in [9.17, 15) is 14.9 Å². The molecule has 0 radical (unpaired) electrons. The third-order valence-electron chi connectivity index (χ3n) is 3.45. The summed E-state index contributed by atoms with van der Waals surface area (Å²) in [7, 11) is 0. The normalized spacial score (nSPS) is 11.1. The van der Waals surface area contributed by atoms with E-state index in [4.69, 9.17) is 14.7 Å². The summed E-state index contributed by atoms with van der Waals surface area (Å²) in [6.45, 7) is 1.79. The lowest BCUT2D eigenvalue weighted by atomic mass is 10.1. The Bertz CT molecular complexity index is 1010. The first-order valence-electron chi connectivity index (χ1n) is 8.35. The zero-order valence-electron chi connectivity index (χ0n) is 15.1. The second-order valence-electron chi connectivity index (χ2n) is 5.43. The van der Waals surface area contributed by atoms with Gasteiger partial charge in [-0.1, -0.05) is 42.5 Å². The van der Waals surface area contributed by atoms with Gasteiger partial charge in [-0.25, -0.2) is 9.59 Å². The number of benzene rings is 2. The molecule has 2 aromatic rings. The van der Waals surface area contributed by atoms with Crippen molar-refractivity contribution in [3.63, 3.8) is 0 Å². The van der Waals surface area contributed by atoms with Crippen molar-refractivity contribution in [1.82, 2.24) is 0 Å². The van der Waals surface area contributed by atoms with E-state index < -0.39 is 11.9 Å². The van der Waals surface area contributed by atoms with Gasteiger partial charge in [0.1, 0.15) is 29.0 Å². The van der Waals surface area contributed by atoms with Gasteiger partial charge in [-0.15, -0.1) is 0 Å². The van der Waals surface area contributed by atoms with Gasteiger partial charge in [-0.3, -0.25) is 0 Å². The van der Waals surface area contributed by atoms with Crippen LogP contribution >= 0.6 is 0 Å². The molecule has 0 N–H and O–H groups in total. The van der Waals surface area contributed by atoms with E-state index in [1.54, 1.807) is 49.4 Å². The second kappa shape index (κ2) is 10.1. The van der Waals surface area contributed by atoms with Gasteiger partial charge in [0.15, 0.2) is 0 Å². The van der Waals surface area contributed by atoms with Gasteiger partial charge in [0.05, 0.1) is 6.61 Å². The van der Waals surface area contributed by atoms with Crippen LogP contribution in [0.15, 0.2) is 65.7 Å². The fraction of sp³-hybridized carbons (Fsp3) is 0.0909. The van der Waals surface area contributed by atoms with E-state index in [1.165, 1.54) is 24.3 Å². The maximum atomic E-state index is 12.3. The topological polar surface area (TPSA) is 100 Å². The standard InChI is InChI=1S/C22H16N2O4/c1-2-27-21(25)18(14-23)12-17-9-6-10-20(13-17)28-22(26)19(15-24)11-16-7-4-3-5-8-16/h3-13H,2H2,1H3. The molecule has 2 aromatic carbocycles. The Morgan fingerprint density at radius 1 is 0.893 bits per heavy atom. The zero-order chi connectivity index (χ0) is 20.4. The smallest absolute Gasteiger partial charge is 0.354 e. The number of nitriles is 2. The average Bonchev–Trinajstić information content (AvgIpc) is 2.71. The van der Waals surface area contributed by atoms with Crippen LogP contribution in [0.4, 0.5) is 0 Å². The molecule has 138 valence electrons. The summed E-state index contributed by atoms with van der Waals surface area (Å²) < 4.78 is 10.1. The highest BCUT2D eigenvalue weighted by Gasteiger charge is 2.13. The van der Waals surface area contributed by atoms with Crippen molar-refractivity contribution in [3.8, 4) is 17.9 Å². The molecule has 0 aliphatic carbocycles. The fourth-order valence-electron chi connectivity index (χ4n) is 2.19. The summed E-state index contributed by atoms with van der Waals surface area (Å²) in [6.07, 6.45) is 2.76. The number of carbonyl (C=O) groups is 2. The molecule has 0 saturated heterocycles. The minimum atomic E-state index is -0.807. The number of esters is 2. The van der Waals surface area contributed by atoms with Crippen LogP contribution in [0.5, 0.6) is 5.75 Å². The summed E-state index contributed by atoms with van der Waals surface area (Å²) >= 11 is 0. The Balaban J connectivity index is 2.21. The summed E-state index contributed by atoms with van der Waals surface area (Å²) in [4.78, 5) is 24.0. The predicted molar refractivity (Wildman–Crippen MR) is 102 cm³/mol. The van der Waals surface area contributed by atoms with Crippen LogP contribution in [0.1, 0.15) is 18.1 Å². The summed E-state index contributed by atoms with van der Waals surface area (Å²) in [5.74, 6) is -1.36. The maximum absolute atomic E-state index is 12.3. The third-order valence-corrected chi connectivity index (χ3v) is 3.45. The van der Waals surface area contributed by atoms with Gasteiger partial charge in [-0.05, 0) is 42.3 Å². The molecule has 0 amide bonds. The predicted octanol–water partition coefficient (Wildman–Crippen LogP) is 3.67. The average molecular weight is 372 g/mol. The van der Waals surface area contributed by atoms with Crippen LogP contribution in [0.25, 0.3) is 12.2 Å². The van der Waals surface area contributed by atoms with Crippen molar-refractivity contribution in [1.29, 1.82) is 10.5 Å². The second-order valence-corrected chi connectivity index (χ2v) is 5.43. The molecule has 28 heavy (non-hydrogen) atoms. The number of hydrogen-bond acceptors (Lipinski definition) is 6. The first-order valence-corrected chi connectivity index (χ1v) is 8.35. The Morgan fingerprint density at radius 3 is 2.14 bits per heavy atom. The zero-order valence-corrected chi connectivity index (χ0v) is 15.1. The van der Waals surface area contributed by atoms with Crippen LogP contribution in [-0.4, -0.2) is 18.5 Å². The van der Waals surface area contributed by atoms with Crippen molar-refractivity contribution in [3.05, 3.63) is 76.9 Å². The molecule has 0 aromatic heterocycles. The lowest BCUT2D eigenvalue weighted by Gasteiger charge is -2.05. The molecule has 6 nitrogen and oxygen atoms in total. The molecule has 6 heteroatoms. The lowest BCUT2D eigenvalue weighted by molar-refractivity contribution is -0.138. The minimum Gasteiger partial charge on any atom is -0.462 e. The van der Waals surface area contributed by atoms with E-state index in [2.05, 4.69) is 0 Å². The van der Waals surface area contributed by atoms with E-state index in [0.29, 0.717) is 11.1 Å². The highest BCUT2D eigenvalue weighted by Crippen LogP contribution is 2.18. The Morgan fingerprint density at radius 2 is 1.50 bits per heavy atom. The molecule has 0 fully saturated rings. The molecule has 0 aliphatic heterocycles. The van der Waals surface area contributed by atoms with Crippen molar-refractivity contribution >= 4 is 24.1 Å². The molecule has 0 bridgehead atoms. The van der Waals surface area contributed by atoms with Gasteiger partial charge >= 0.3 is 11.9 Å². The Kier molecular flexibility index (Phi) is 7.27. The number of hydrogen-bond donors (Lipinski definition) is 0. The fourth-order valence-corrected chi connectivity index (χ4v) is 2.19. The van der Waals surface area contributed by atoms with Crippen LogP contribution in [-0.2, 0) is 14.3 Å². The van der Waals surface area contributed by atoms with Crippen LogP contribution in [0.3, 0.4) is 0 Å². The van der Waals surface area contributed by atoms with Crippen LogP contribution in [0.2, 0.25) is 0 Å². The molecule has 0 spiro atoms. The van der Waals surface area contributed by atoms with E-state index >= 15 is 0 Å². The largest absolute Gasteiger partial charge is 0.462 e. The molecule has 0 heterocycles. The summed E-state index contributed by atoms with van der Waals surface area (Å²) in [5.41, 5.74) is 0.838.